The van der Waals surface area contributed by atoms with Crippen molar-refractivity contribution in [2.24, 2.45) is 0 Å². The summed E-state index contributed by atoms with van der Waals surface area (Å²) in [6, 6.07) is 0. The van der Waals surface area contributed by atoms with E-state index in [0.29, 0.717) is 0 Å². The fourth-order valence-corrected chi connectivity index (χ4v) is 0. The third-order valence-electron chi connectivity index (χ3n) is 0. The molecule has 0 atom stereocenters. The molecule has 43 valence electrons. The molecular weight excluding hydrogens is 332 g/mol. The summed E-state index contributed by atoms with van der Waals surface area (Å²) in [7, 11) is -4.67. The molecule has 0 aliphatic heterocycles. The van der Waals surface area contributed by atoms with E-state index in [9.17, 15) is 0 Å². The van der Waals surface area contributed by atoms with Crippen LogP contribution in [-0.4, -0.2) is 86.4 Å². The topological polar surface area (TPSA) is 74.6 Å². The van der Waals surface area contributed by atoms with Gasteiger partial charge >= 0.3 is 79.3 Å². The van der Waals surface area contributed by atoms with Gasteiger partial charge in [-0.2, -0.15) is 8.42 Å². The van der Waals surface area contributed by atoms with Gasteiger partial charge in [0, 0.05) is 19.5 Å². The van der Waals surface area contributed by atoms with E-state index in [1.807, 2.05) is 0 Å². The molecular formula is H3CsO4RhS. The summed E-state index contributed by atoms with van der Waals surface area (Å²) in [6.07, 6.45) is 0. The zero-order valence-corrected chi connectivity index (χ0v) is 4.91. The summed E-state index contributed by atoms with van der Waals surface area (Å²) in [4.78, 5) is 0. The minimum atomic E-state index is -4.67. The Hall–Kier alpha value is 2.55. The zero-order valence-electron chi connectivity index (χ0n) is 2.45. The third kappa shape index (κ3) is 56.5. The van der Waals surface area contributed by atoms with Gasteiger partial charge in [-0.3, -0.25) is 9.11 Å². The first kappa shape index (κ1) is 16.3. The SMILES string of the molecule is O=S(=O)(O)O.[CsH].[Rh]. The molecule has 0 aromatic heterocycles. The van der Waals surface area contributed by atoms with Gasteiger partial charge in [0.25, 0.3) is 0 Å². The van der Waals surface area contributed by atoms with E-state index < -0.39 is 10.4 Å². The summed E-state index contributed by atoms with van der Waals surface area (Å²) < 4.78 is 31.6. The van der Waals surface area contributed by atoms with Gasteiger partial charge in [0.1, 0.15) is 0 Å². The van der Waals surface area contributed by atoms with Gasteiger partial charge in [-0.15, -0.1) is 0 Å². The molecule has 7 heavy (non-hydrogen) atoms. The summed E-state index contributed by atoms with van der Waals surface area (Å²) >= 11 is 0. The fraction of sp³-hybridized carbons (Fsp3) is 0. The van der Waals surface area contributed by atoms with Gasteiger partial charge in [0.05, 0.1) is 0 Å². The summed E-state index contributed by atoms with van der Waals surface area (Å²) in [5.41, 5.74) is 0. The normalized spacial score (nSPS) is 8.29. The van der Waals surface area contributed by atoms with E-state index in [1.165, 1.54) is 0 Å². The van der Waals surface area contributed by atoms with Crippen LogP contribution in [0.1, 0.15) is 0 Å². The molecule has 7 heteroatoms. The van der Waals surface area contributed by atoms with Crippen LogP contribution in [0.4, 0.5) is 0 Å². The zero-order chi connectivity index (χ0) is 4.50. The summed E-state index contributed by atoms with van der Waals surface area (Å²) in [5, 5.41) is 0. The number of rotatable bonds is 0. The molecule has 0 saturated heterocycles. The van der Waals surface area contributed by atoms with Gasteiger partial charge in [-0.05, 0) is 0 Å². The first-order chi connectivity index (χ1) is 2.00. The molecule has 0 aliphatic carbocycles. The van der Waals surface area contributed by atoms with Crippen molar-refractivity contribution in [3.8, 4) is 0 Å². The van der Waals surface area contributed by atoms with E-state index >= 15 is 0 Å². The molecule has 0 unspecified atom stereocenters. The Morgan fingerprint density at radius 3 is 1.14 bits per heavy atom. The average Bonchev–Trinajstić information content (AvgIpc) is 0.722. The van der Waals surface area contributed by atoms with Crippen LogP contribution >= 0.6 is 0 Å². The Kier molecular flexibility index (Phi) is 15.5. The van der Waals surface area contributed by atoms with Crippen molar-refractivity contribution in [1.29, 1.82) is 0 Å². The van der Waals surface area contributed by atoms with E-state index in [2.05, 4.69) is 0 Å². The minimum Gasteiger partial charge on any atom is 0 e. The molecule has 2 N–H and O–H groups in total. The van der Waals surface area contributed by atoms with Crippen molar-refractivity contribution >= 4 is 79.3 Å². The largest absolute Gasteiger partial charge is 0 e. The predicted octanol–water partition coefficient (Wildman–Crippen LogP) is -1.30. The maximum atomic E-state index is 8.74. The van der Waals surface area contributed by atoms with Crippen LogP contribution in [-0.2, 0) is 29.9 Å². The van der Waals surface area contributed by atoms with Crippen molar-refractivity contribution in [3.05, 3.63) is 0 Å². The molecule has 0 aromatic carbocycles. The summed E-state index contributed by atoms with van der Waals surface area (Å²) in [5.74, 6) is 0. The second-order valence-corrected chi connectivity index (χ2v) is 1.34. The van der Waals surface area contributed by atoms with Gasteiger partial charge in [0.2, 0.25) is 0 Å². The monoisotopic (exact) mass is 335 g/mol. The van der Waals surface area contributed by atoms with Crippen molar-refractivity contribution in [1.82, 2.24) is 0 Å². The van der Waals surface area contributed by atoms with Crippen molar-refractivity contribution in [3.63, 3.8) is 0 Å². The first-order valence-electron chi connectivity index (χ1n) is 0.698. The molecule has 4 nitrogen and oxygen atoms in total. The second-order valence-electron chi connectivity index (χ2n) is 0.448. The third-order valence-corrected chi connectivity index (χ3v) is 0. The fourth-order valence-electron chi connectivity index (χ4n) is 0. The molecule has 0 aliphatic rings. The summed E-state index contributed by atoms with van der Waals surface area (Å²) in [6.45, 7) is 0. The van der Waals surface area contributed by atoms with Crippen LogP contribution in [0.25, 0.3) is 0 Å². The molecule has 0 bridgehead atoms. The molecule has 0 amide bonds. The van der Waals surface area contributed by atoms with Gasteiger partial charge in [-0.25, -0.2) is 0 Å². The quantitative estimate of drug-likeness (QED) is 0.426. The molecule has 0 fully saturated rings. The Labute approximate surface area is 113 Å². The second kappa shape index (κ2) is 6.66. The maximum Gasteiger partial charge on any atom is 0 e. The smallest absolute Gasteiger partial charge is 0 e. The van der Waals surface area contributed by atoms with Crippen molar-refractivity contribution < 1.29 is 37.0 Å². The van der Waals surface area contributed by atoms with Crippen molar-refractivity contribution in [2.45, 2.75) is 0 Å². The molecule has 0 rings (SSSR count). The van der Waals surface area contributed by atoms with Gasteiger partial charge in [-0.1, -0.05) is 0 Å². The first-order valence-corrected chi connectivity index (χ1v) is 2.10. The van der Waals surface area contributed by atoms with Crippen LogP contribution in [0.5, 0.6) is 0 Å². The van der Waals surface area contributed by atoms with Crippen LogP contribution < -0.4 is 0 Å². The van der Waals surface area contributed by atoms with Crippen LogP contribution in [0.15, 0.2) is 0 Å². The van der Waals surface area contributed by atoms with Gasteiger partial charge < -0.3 is 0 Å². The predicted molar refractivity (Wildman–Crippen MR) is 21.3 cm³/mol. The van der Waals surface area contributed by atoms with Crippen LogP contribution in [0.3, 0.4) is 0 Å². The standard InChI is InChI=1S/Cs.H2O4S.Rh.H/c;1-5(2,3)4;;/h;(H2,1,2,3,4);;. The molecule has 0 aromatic rings. The van der Waals surface area contributed by atoms with Gasteiger partial charge in [0.15, 0.2) is 0 Å². The molecule has 0 heterocycles. The molecule has 0 spiro atoms. The number of hydrogen-bond acceptors (Lipinski definition) is 2. The van der Waals surface area contributed by atoms with E-state index in [1.54, 1.807) is 0 Å². The molecule has 0 saturated carbocycles. The minimum absolute atomic E-state index is 0. The maximum absolute atomic E-state index is 8.74. The Morgan fingerprint density at radius 2 is 1.14 bits per heavy atom. The van der Waals surface area contributed by atoms with E-state index in [4.69, 9.17) is 17.5 Å². The number of hydrogen-bond donors (Lipinski definition) is 2. The van der Waals surface area contributed by atoms with Crippen LogP contribution in [0.2, 0.25) is 0 Å². The average molecular weight is 335 g/mol. The Morgan fingerprint density at radius 1 is 1.14 bits per heavy atom. The van der Waals surface area contributed by atoms with E-state index in [0.717, 1.165) is 0 Å². The Bertz CT molecular complexity index is 94.9. The van der Waals surface area contributed by atoms with Crippen molar-refractivity contribution in [2.75, 3.05) is 0 Å². The van der Waals surface area contributed by atoms with Crippen LogP contribution in [0, 0.1) is 0 Å². The molecule has 1 radical (unpaired) electrons. The Balaban J connectivity index is -0.0000000800. The van der Waals surface area contributed by atoms with E-state index in [-0.39, 0.29) is 88.4 Å².